The fraction of sp³-hybridized carbons (Fsp3) is 0.261. The standard InChI is InChI=1S/C23H20N4O7S.C13H13N3O4S.C10H9NO4/c1-13-25-20-17(3-2-4-18(20)34-13)21(28)23(29)26-9-14-11-27(12-15(14)10-26)35(30,31)16-7-19-22(24-8-16)33-6-5-32-19;17-21(18,16-7-9-4-14-5-10(9)8-16)11-3-12-13(15-6-11)20-2-1-19-12;1-5-11-8-6(9(12)10(13)14)3-2-4-7(8)15-5/h2-4,7-8,11-12,21,28H,5-6,9-10H2,1H3;3,6-8,14H,1-2,4-5H2;2-4,9,12H,1H3,(H,13,14). The molecule has 0 radical (unpaired) electrons. The van der Waals surface area contributed by atoms with Gasteiger partial charge in [-0.1, -0.05) is 24.3 Å². The van der Waals surface area contributed by atoms with Crippen molar-refractivity contribution in [3.05, 3.63) is 131 Å². The lowest BCUT2D eigenvalue weighted by Gasteiger charge is -2.20. The van der Waals surface area contributed by atoms with Crippen LogP contribution in [0.5, 0.6) is 23.3 Å². The molecule has 0 fully saturated rings. The molecule has 0 saturated heterocycles. The summed E-state index contributed by atoms with van der Waals surface area (Å²) in [6.45, 7) is 6.56. The summed E-state index contributed by atoms with van der Waals surface area (Å²) < 4.78 is 86.1. The quantitative estimate of drug-likeness (QED) is 0.169. The van der Waals surface area contributed by atoms with Gasteiger partial charge in [0.15, 0.2) is 46.7 Å². The van der Waals surface area contributed by atoms with Crippen molar-refractivity contribution >= 4 is 54.1 Å². The van der Waals surface area contributed by atoms with Crippen LogP contribution in [-0.2, 0) is 55.8 Å². The van der Waals surface area contributed by atoms with E-state index in [2.05, 4.69) is 25.3 Å². The number of hydrogen-bond donors (Lipinski definition) is 4. The van der Waals surface area contributed by atoms with E-state index >= 15 is 0 Å². The van der Waals surface area contributed by atoms with Gasteiger partial charge < -0.3 is 53.3 Å². The lowest BCUT2D eigenvalue weighted by molar-refractivity contribution is -0.147. The predicted octanol–water partition coefficient (Wildman–Crippen LogP) is 3.67. The second-order valence-electron chi connectivity index (χ2n) is 16.4. The summed E-state index contributed by atoms with van der Waals surface area (Å²) in [5.41, 5.74) is 5.77. The minimum absolute atomic E-state index is 0.0326. The number of pyridine rings is 2. The molecule has 2 aromatic carbocycles. The smallest absolute Gasteiger partial charge is 0.337 e. The van der Waals surface area contributed by atoms with Crippen LogP contribution in [-0.4, -0.2) is 103 Å². The van der Waals surface area contributed by atoms with E-state index in [1.807, 2.05) is 0 Å². The number of carboxylic acids is 1. The zero-order valence-electron chi connectivity index (χ0n) is 37.6. The van der Waals surface area contributed by atoms with Crippen LogP contribution < -0.4 is 24.3 Å². The van der Waals surface area contributed by atoms with Crippen molar-refractivity contribution in [3.8, 4) is 23.3 Å². The molecule has 12 rings (SSSR count). The van der Waals surface area contributed by atoms with Crippen LogP contribution in [0.2, 0.25) is 0 Å². The highest BCUT2D eigenvalue weighted by Gasteiger charge is 2.33. The first-order valence-electron chi connectivity index (χ1n) is 21.8. The second kappa shape index (κ2) is 18.5. The highest BCUT2D eigenvalue weighted by molar-refractivity contribution is 7.90. The number of rotatable bonds is 8. The number of nitrogens with zero attached hydrogens (tertiary/aromatic N) is 7. The number of amides is 1. The molecule has 2 unspecified atom stereocenters. The number of hydrogen-bond acceptors (Lipinski definition) is 19. The Labute approximate surface area is 402 Å². The Balaban J connectivity index is 0.000000136. The number of para-hydroxylation sites is 2. The van der Waals surface area contributed by atoms with Gasteiger partial charge in [-0.15, -0.1) is 0 Å². The first kappa shape index (κ1) is 46.9. The Morgan fingerprint density at radius 3 is 1.54 bits per heavy atom. The third-order valence-corrected chi connectivity index (χ3v) is 14.9. The number of aliphatic carboxylic acids is 1. The highest BCUT2D eigenvalue weighted by atomic mass is 32.2. The maximum atomic E-state index is 13.2. The van der Waals surface area contributed by atoms with Crippen molar-refractivity contribution in [1.82, 2.24) is 38.1 Å². The molecule has 25 heteroatoms. The SMILES string of the molecule is Cc1nc2c(C(O)C(=O)N3Cc4cn(S(=O)(=O)c5cnc6c(c5)OCCO6)cc4C3)cccc2o1.Cc1nc2c(C(O)C(=O)O)cccc2o1.O=S(=O)(c1cnc2c(c1)OCCO2)n1cc2c(c1)CNC2. The van der Waals surface area contributed by atoms with E-state index in [1.165, 1.54) is 51.9 Å². The Morgan fingerprint density at radius 1 is 0.634 bits per heavy atom. The molecular formula is C46H42N8O15S2. The van der Waals surface area contributed by atoms with E-state index < -0.39 is 44.1 Å². The molecule has 10 heterocycles. The largest absolute Gasteiger partial charge is 0.484 e. The van der Waals surface area contributed by atoms with Gasteiger partial charge in [0.25, 0.3) is 37.7 Å². The summed E-state index contributed by atoms with van der Waals surface area (Å²) >= 11 is 0. The van der Waals surface area contributed by atoms with Gasteiger partial charge in [0, 0.05) is 88.1 Å². The molecule has 4 aliphatic heterocycles. The highest BCUT2D eigenvalue weighted by Crippen LogP contribution is 2.35. The molecule has 8 aromatic rings. The maximum Gasteiger partial charge on any atom is 0.337 e. The number of nitrogens with one attached hydrogen (secondary N) is 1. The van der Waals surface area contributed by atoms with Crippen molar-refractivity contribution in [3.63, 3.8) is 0 Å². The van der Waals surface area contributed by atoms with Gasteiger partial charge in [0.1, 0.15) is 47.3 Å². The van der Waals surface area contributed by atoms with Crippen LogP contribution in [0.25, 0.3) is 22.2 Å². The summed E-state index contributed by atoms with van der Waals surface area (Å²) in [5.74, 6) is 0.309. The van der Waals surface area contributed by atoms with Gasteiger partial charge >= 0.3 is 5.97 Å². The van der Waals surface area contributed by atoms with Crippen molar-refractivity contribution in [2.45, 2.75) is 62.0 Å². The van der Waals surface area contributed by atoms with Crippen molar-refractivity contribution in [2.24, 2.45) is 0 Å². The maximum absolute atomic E-state index is 13.2. The molecule has 23 nitrogen and oxygen atoms in total. The summed E-state index contributed by atoms with van der Waals surface area (Å²) in [6.07, 6.45) is 5.76. The zero-order chi connectivity index (χ0) is 49.8. The predicted molar refractivity (Wildman–Crippen MR) is 244 cm³/mol. The molecule has 71 heavy (non-hydrogen) atoms. The van der Waals surface area contributed by atoms with E-state index in [-0.39, 0.29) is 40.1 Å². The molecule has 0 aliphatic carbocycles. The molecule has 0 saturated carbocycles. The van der Waals surface area contributed by atoms with E-state index in [0.717, 1.165) is 15.1 Å². The van der Waals surface area contributed by atoms with Gasteiger partial charge in [-0.05, 0) is 34.4 Å². The average Bonchev–Trinajstić information content (AvgIpc) is 4.23. The van der Waals surface area contributed by atoms with Crippen molar-refractivity contribution in [2.75, 3.05) is 26.4 Å². The third-order valence-electron chi connectivity index (χ3n) is 11.7. The molecule has 2 atom stereocenters. The summed E-state index contributed by atoms with van der Waals surface area (Å²) in [5, 5.41) is 32.1. The number of carbonyl (C=O) groups is 2. The van der Waals surface area contributed by atoms with Crippen molar-refractivity contribution in [1.29, 1.82) is 0 Å². The Morgan fingerprint density at radius 2 is 1.07 bits per heavy atom. The molecule has 1 amide bonds. The van der Waals surface area contributed by atoms with Crippen LogP contribution in [0.3, 0.4) is 0 Å². The van der Waals surface area contributed by atoms with E-state index in [9.17, 15) is 36.6 Å². The normalized spacial score (nSPS) is 15.5. The minimum Gasteiger partial charge on any atom is -0.484 e. The fourth-order valence-corrected chi connectivity index (χ4v) is 10.7. The number of carbonyl (C=O) groups excluding carboxylic acids is 1. The minimum atomic E-state index is -3.92. The molecule has 4 aliphatic rings. The number of aliphatic hydroxyl groups is 2. The fourth-order valence-electron chi connectivity index (χ4n) is 8.25. The van der Waals surface area contributed by atoms with Gasteiger partial charge in [-0.25, -0.2) is 49.5 Å². The zero-order valence-corrected chi connectivity index (χ0v) is 39.2. The number of aromatic nitrogens is 6. The number of aliphatic hydroxyl groups excluding tert-OH is 2. The molecule has 0 bridgehead atoms. The molecule has 368 valence electrons. The van der Waals surface area contributed by atoms with Crippen LogP contribution in [0.1, 0.15) is 57.4 Å². The lowest BCUT2D eigenvalue weighted by atomic mass is 10.1. The molecule has 4 N–H and O–H groups in total. The Bertz CT molecular complexity index is 3580. The van der Waals surface area contributed by atoms with Crippen LogP contribution >= 0.6 is 0 Å². The first-order valence-corrected chi connectivity index (χ1v) is 24.7. The van der Waals surface area contributed by atoms with Crippen LogP contribution in [0, 0.1) is 13.8 Å². The summed E-state index contributed by atoms with van der Waals surface area (Å²) in [7, 11) is -7.58. The van der Waals surface area contributed by atoms with Gasteiger partial charge in [-0.2, -0.15) is 0 Å². The number of fused-ring (bicyclic) bond motifs is 6. The number of aryl methyl sites for hydroxylation is 2. The monoisotopic (exact) mass is 1010 g/mol. The molecule has 0 spiro atoms. The number of benzene rings is 2. The topological polar surface area (TPSA) is 303 Å². The van der Waals surface area contributed by atoms with Crippen LogP contribution in [0.15, 0.2) is 104 Å². The van der Waals surface area contributed by atoms with E-state index in [1.54, 1.807) is 56.6 Å². The third kappa shape index (κ3) is 8.99. The first-order chi connectivity index (χ1) is 34.0. The Kier molecular flexibility index (Phi) is 12.2. The van der Waals surface area contributed by atoms with E-state index in [0.29, 0.717) is 102 Å². The summed E-state index contributed by atoms with van der Waals surface area (Å²) in [4.78, 5) is 41.6. The van der Waals surface area contributed by atoms with Gasteiger partial charge in [-0.3, -0.25) is 4.79 Å². The molecule has 6 aromatic heterocycles. The van der Waals surface area contributed by atoms with E-state index in [4.69, 9.17) is 32.9 Å². The lowest BCUT2D eigenvalue weighted by Crippen LogP contribution is -2.31. The second-order valence-corrected chi connectivity index (χ2v) is 20.1. The van der Waals surface area contributed by atoms with Crippen molar-refractivity contribution < 1.29 is 69.5 Å². The number of carboxylic acid groups (broad SMARTS) is 1. The summed E-state index contributed by atoms with van der Waals surface area (Å²) in [6, 6.07) is 12.7. The average molecular weight is 1010 g/mol. The van der Waals surface area contributed by atoms with Gasteiger partial charge in [0.2, 0.25) is 0 Å². The number of oxazole rings is 2. The molecular weight excluding hydrogens is 969 g/mol. The van der Waals surface area contributed by atoms with Gasteiger partial charge in [0.05, 0.1) is 12.4 Å². The Hall–Kier alpha value is -7.84. The van der Waals surface area contributed by atoms with Crippen LogP contribution in [0.4, 0.5) is 0 Å². The number of ether oxygens (including phenoxy) is 4.